The maximum absolute atomic E-state index is 11.3. The Kier molecular flexibility index (Phi) is 1.88. The van der Waals surface area contributed by atoms with Crippen LogP contribution in [-0.2, 0) is 0 Å². The molecule has 0 amide bonds. The van der Waals surface area contributed by atoms with E-state index in [1.54, 1.807) is 12.5 Å². The lowest BCUT2D eigenvalue weighted by atomic mass is 10.1. The molecule has 2 heterocycles. The van der Waals surface area contributed by atoms with Gasteiger partial charge in [-0.3, -0.25) is 9.78 Å². The van der Waals surface area contributed by atoms with Crippen molar-refractivity contribution in [1.29, 1.82) is 0 Å². The molecule has 14 heavy (non-hydrogen) atoms. The van der Waals surface area contributed by atoms with E-state index in [-0.39, 0.29) is 5.78 Å². The van der Waals surface area contributed by atoms with E-state index in [0.717, 1.165) is 22.1 Å². The van der Waals surface area contributed by atoms with Crippen LogP contribution < -0.4 is 0 Å². The highest BCUT2D eigenvalue weighted by Crippen LogP contribution is 2.25. The highest BCUT2D eigenvalue weighted by molar-refractivity contribution is 6.05. The van der Waals surface area contributed by atoms with E-state index in [4.69, 9.17) is 4.42 Å². The lowest BCUT2D eigenvalue weighted by molar-refractivity contribution is 0.101. The Morgan fingerprint density at radius 2 is 2.07 bits per heavy atom. The van der Waals surface area contributed by atoms with Crippen molar-refractivity contribution < 1.29 is 9.21 Å². The van der Waals surface area contributed by atoms with Gasteiger partial charge in [0.1, 0.15) is 11.3 Å². The second kappa shape index (κ2) is 2.94. The van der Waals surface area contributed by atoms with Crippen molar-refractivity contribution in [2.75, 3.05) is 0 Å². The molecule has 72 valence electrons. The zero-order valence-electron chi connectivity index (χ0n) is 8.42. The van der Waals surface area contributed by atoms with Crippen LogP contribution in [0.2, 0.25) is 0 Å². The van der Waals surface area contributed by atoms with Gasteiger partial charge < -0.3 is 4.42 Å². The fourth-order valence-electron chi connectivity index (χ4n) is 1.58. The molecule has 2 aromatic rings. The van der Waals surface area contributed by atoms with E-state index < -0.39 is 0 Å². The molecule has 0 saturated carbocycles. The van der Waals surface area contributed by atoms with Crippen LogP contribution >= 0.6 is 0 Å². The molecule has 0 aliphatic heterocycles. The lowest BCUT2D eigenvalue weighted by Gasteiger charge is -1.99. The van der Waals surface area contributed by atoms with Gasteiger partial charge in [0.15, 0.2) is 5.78 Å². The second-order valence-electron chi connectivity index (χ2n) is 3.47. The summed E-state index contributed by atoms with van der Waals surface area (Å²) >= 11 is 0. The fourth-order valence-corrected chi connectivity index (χ4v) is 1.58. The van der Waals surface area contributed by atoms with Crippen LogP contribution in [0.3, 0.4) is 0 Å². The van der Waals surface area contributed by atoms with Gasteiger partial charge >= 0.3 is 0 Å². The minimum atomic E-state index is -0.0282. The molecule has 0 saturated heterocycles. The minimum absolute atomic E-state index is 0.0282. The number of Topliss-reactive ketones (excluding diaryl/α,β-unsaturated/α-hetero) is 1. The van der Waals surface area contributed by atoms with Gasteiger partial charge in [0, 0.05) is 18.7 Å². The van der Waals surface area contributed by atoms with Crippen molar-refractivity contribution in [2.45, 2.75) is 20.8 Å². The first-order chi connectivity index (χ1) is 6.61. The molecule has 0 bridgehead atoms. The Hall–Kier alpha value is -1.64. The van der Waals surface area contributed by atoms with E-state index >= 15 is 0 Å². The zero-order chi connectivity index (χ0) is 10.3. The molecule has 0 aliphatic rings. The number of carbonyl (C=O) groups is 1. The third-order valence-corrected chi connectivity index (χ3v) is 2.29. The van der Waals surface area contributed by atoms with Gasteiger partial charge in [-0.25, -0.2) is 0 Å². The smallest absolute Gasteiger partial charge is 0.178 e. The predicted molar refractivity (Wildman–Crippen MR) is 53.5 cm³/mol. The first-order valence-electron chi connectivity index (χ1n) is 4.45. The number of pyridine rings is 1. The van der Waals surface area contributed by atoms with Gasteiger partial charge in [0.05, 0.1) is 11.6 Å². The molecule has 0 fully saturated rings. The maximum atomic E-state index is 11.3. The standard InChI is InChI=1S/C11H11NO2/c1-6-4-12-10(8(3)13)9-7(2)5-14-11(6)9/h4-5H,1-3H3. The molecule has 0 unspecified atom stereocenters. The monoisotopic (exact) mass is 189 g/mol. The molecule has 0 radical (unpaired) electrons. The Morgan fingerprint density at radius 3 is 2.71 bits per heavy atom. The third kappa shape index (κ3) is 1.13. The van der Waals surface area contributed by atoms with Crippen LogP contribution in [0, 0.1) is 13.8 Å². The molecule has 0 aliphatic carbocycles. The molecule has 0 atom stereocenters. The summed E-state index contributed by atoms with van der Waals surface area (Å²) in [6.45, 7) is 5.35. The molecular formula is C11H11NO2. The molecular weight excluding hydrogens is 178 g/mol. The van der Waals surface area contributed by atoms with Crippen LogP contribution in [0.15, 0.2) is 16.9 Å². The summed E-state index contributed by atoms with van der Waals surface area (Å²) in [6, 6.07) is 0. The molecule has 2 aromatic heterocycles. The molecule has 0 N–H and O–H groups in total. The van der Waals surface area contributed by atoms with Gasteiger partial charge in [0.25, 0.3) is 0 Å². The Bertz CT molecular complexity index is 511. The van der Waals surface area contributed by atoms with Crippen LogP contribution in [0.5, 0.6) is 0 Å². The molecule has 2 rings (SSSR count). The summed E-state index contributed by atoms with van der Waals surface area (Å²) in [5.41, 5.74) is 3.18. The van der Waals surface area contributed by atoms with Crippen LogP contribution in [0.4, 0.5) is 0 Å². The Labute approximate surface area is 81.7 Å². The molecule has 3 nitrogen and oxygen atoms in total. The SMILES string of the molecule is CC(=O)c1ncc(C)c2occ(C)c12. The minimum Gasteiger partial charge on any atom is -0.464 e. The van der Waals surface area contributed by atoms with Crippen molar-refractivity contribution in [3.05, 3.63) is 29.3 Å². The summed E-state index contributed by atoms with van der Waals surface area (Å²) in [4.78, 5) is 15.4. The van der Waals surface area contributed by atoms with Crippen LogP contribution in [0.1, 0.15) is 28.5 Å². The number of carbonyl (C=O) groups excluding carboxylic acids is 1. The van der Waals surface area contributed by atoms with Crippen molar-refractivity contribution in [3.63, 3.8) is 0 Å². The Morgan fingerprint density at radius 1 is 1.36 bits per heavy atom. The number of rotatable bonds is 1. The number of fused-ring (bicyclic) bond motifs is 1. The van der Waals surface area contributed by atoms with Crippen molar-refractivity contribution in [3.8, 4) is 0 Å². The molecule has 0 aromatic carbocycles. The largest absolute Gasteiger partial charge is 0.464 e. The van der Waals surface area contributed by atoms with Gasteiger partial charge in [-0.1, -0.05) is 0 Å². The van der Waals surface area contributed by atoms with E-state index in [9.17, 15) is 4.79 Å². The first-order valence-corrected chi connectivity index (χ1v) is 4.45. The summed E-state index contributed by atoms with van der Waals surface area (Å²) in [5.74, 6) is -0.0282. The van der Waals surface area contributed by atoms with E-state index in [1.165, 1.54) is 6.92 Å². The lowest BCUT2D eigenvalue weighted by Crippen LogP contribution is -1.98. The van der Waals surface area contributed by atoms with Gasteiger partial charge in [-0.15, -0.1) is 0 Å². The Balaban J connectivity index is 2.92. The summed E-state index contributed by atoms with van der Waals surface area (Å²) in [7, 11) is 0. The van der Waals surface area contributed by atoms with Crippen LogP contribution in [0.25, 0.3) is 11.0 Å². The normalized spacial score (nSPS) is 10.8. The number of nitrogens with zero attached hydrogens (tertiary/aromatic N) is 1. The molecule has 0 spiro atoms. The van der Waals surface area contributed by atoms with E-state index in [2.05, 4.69) is 4.98 Å². The topological polar surface area (TPSA) is 43.1 Å². The average molecular weight is 189 g/mol. The predicted octanol–water partition coefficient (Wildman–Crippen LogP) is 2.65. The fraction of sp³-hybridized carbons (Fsp3) is 0.273. The average Bonchev–Trinajstić information content (AvgIpc) is 2.50. The number of aryl methyl sites for hydroxylation is 2. The van der Waals surface area contributed by atoms with E-state index in [1.807, 2.05) is 13.8 Å². The zero-order valence-corrected chi connectivity index (χ0v) is 8.42. The summed E-state index contributed by atoms with van der Waals surface area (Å²) in [6.07, 6.45) is 3.33. The number of hydrogen-bond donors (Lipinski definition) is 0. The van der Waals surface area contributed by atoms with Crippen molar-refractivity contribution in [2.24, 2.45) is 0 Å². The van der Waals surface area contributed by atoms with Gasteiger partial charge in [-0.2, -0.15) is 0 Å². The summed E-state index contributed by atoms with van der Waals surface area (Å²) < 4.78 is 5.38. The van der Waals surface area contributed by atoms with Crippen molar-refractivity contribution >= 4 is 16.8 Å². The van der Waals surface area contributed by atoms with Gasteiger partial charge in [0.2, 0.25) is 0 Å². The number of furan rings is 1. The quantitative estimate of drug-likeness (QED) is 0.647. The number of ketones is 1. The number of aromatic nitrogens is 1. The second-order valence-corrected chi connectivity index (χ2v) is 3.47. The maximum Gasteiger partial charge on any atom is 0.178 e. The third-order valence-electron chi connectivity index (χ3n) is 2.29. The number of hydrogen-bond acceptors (Lipinski definition) is 3. The molecule has 3 heteroatoms. The summed E-state index contributed by atoms with van der Waals surface area (Å²) in [5, 5.41) is 0.845. The highest BCUT2D eigenvalue weighted by atomic mass is 16.3. The van der Waals surface area contributed by atoms with Crippen LogP contribution in [-0.4, -0.2) is 10.8 Å². The first kappa shape index (κ1) is 8.94. The highest BCUT2D eigenvalue weighted by Gasteiger charge is 2.14. The van der Waals surface area contributed by atoms with Crippen molar-refractivity contribution in [1.82, 2.24) is 4.98 Å². The van der Waals surface area contributed by atoms with E-state index in [0.29, 0.717) is 5.69 Å². The van der Waals surface area contributed by atoms with Gasteiger partial charge in [-0.05, 0) is 19.4 Å².